The van der Waals surface area contributed by atoms with Gasteiger partial charge < -0.3 is 4.90 Å². The van der Waals surface area contributed by atoms with Crippen LogP contribution in [0.3, 0.4) is 0 Å². The summed E-state index contributed by atoms with van der Waals surface area (Å²) in [6.07, 6.45) is 4.56. The first-order valence-electron chi connectivity index (χ1n) is 8.23. The van der Waals surface area contributed by atoms with Gasteiger partial charge in [-0.15, -0.1) is 11.8 Å². The summed E-state index contributed by atoms with van der Waals surface area (Å²) >= 11 is 1.95. The Morgan fingerprint density at radius 3 is 2.78 bits per heavy atom. The SMILES string of the molecule is CCc1[nH]ncc1C(=O)N1CCC(Sc2ccccc2C)CC1. The van der Waals surface area contributed by atoms with Crippen LogP contribution < -0.4 is 0 Å². The monoisotopic (exact) mass is 329 g/mol. The van der Waals surface area contributed by atoms with Crippen LogP contribution in [-0.2, 0) is 6.42 Å². The molecule has 0 spiro atoms. The molecular formula is C18H23N3OS. The number of benzene rings is 1. The Morgan fingerprint density at radius 1 is 1.35 bits per heavy atom. The van der Waals surface area contributed by atoms with E-state index in [0.717, 1.165) is 43.6 Å². The second-order valence-corrected chi connectivity index (χ2v) is 7.33. The van der Waals surface area contributed by atoms with Crippen molar-refractivity contribution in [2.45, 2.75) is 43.3 Å². The number of rotatable bonds is 4. The number of aromatic nitrogens is 2. The molecule has 0 saturated carbocycles. The fraction of sp³-hybridized carbons (Fsp3) is 0.444. The number of nitrogens with one attached hydrogen (secondary N) is 1. The topological polar surface area (TPSA) is 49.0 Å². The van der Waals surface area contributed by atoms with Crippen LogP contribution in [0.2, 0.25) is 0 Å². The van der Waals surface area contributed by atoms with Gasteiger partial charge in [-0.1, -0.05) is 25.1 Å². The highest BCUT2D eigenvalue weighted by Crippen LogP contribution is 2.32. The van der Waals surface area contributed by atoms with Crippen LogP contribution in [0, 0.1) is 6.92 Å². The molecule has 2 aromatic rings. The van der Waals surface area contributed by atoms with Crippen LogP contribution in [0.25, 0.3) is 0 Å². The predicted octanol–water partition coefficient (Wildman–Crippen LogP) is 3.68. The van der Waals surface area contributed by atoms with Crippen LogP contribution in [0.4, 0.5) is 0 Å². The quantitative estimate of drug-likeness (QED) is 0.931. The number of amides is 1. The van der Waals surface area contributed by atoms with Crippen molar-refractivity contribution in [3.63, 3.8) is 0 Å². The zero-order chi connectivity index (χ0) is 16.2. The van der Waals surface area contributed by atoms with E-state index in [0.29, 0.717) is 5.25 Å². The van der Waals surface area contributed by atoms with Crippen molar-refractivity contribution < 1.29 is 4.79 Å². The van der Waals surface area contributed by atoms with Crippen molar-refractivity contribution in [2.75, 3.05) is 13.1 Å². The molecule has 1 aromatic carbocycles. The van der Waals surface area contributed by atoms with E-state index in [1.54, 1.807) is 6.20 Å². The van der Waals surface area contributed by atoms with Gasteiger partial charge in [0, 0.05) is 28.9 Å². The molecule has 0 atom stereocenters. The average Bonchev–Trinajstić information content (AvgIpc) is 3.05. The molecule has 1 aromatic heterocycles. The molecule has 1 saturated heterocycles. The predicted molar refractivity (Wildman–Crippen MR) is 93.9 cm³/mol. The number of H-pyrrole nitrogens is 1. The zero-order valence-electron chi connectivity index (χ0n) is 13.7. The molecule has 122 valence electrons. The third-order valence-electron chi connectivity index (χ3n) is 4.42. The van der Waals surface area contributed by atoms with Crippen molar-refractivity contribution in [3.05, 3.63) is 47.3 Å². The molecule has 0 bridgehead atoms. The number of piperidine rings is 1. The molecule has 0 aliphatic carbocycles. The fourth-order valence-electron chi connectivity index (χ4n) is 2.98. The summed E-state index contributed by atoms with van der Waals surface area (Å²) in [6.45, 7) is 5.86. The Bertz CT molecular complexity index is 674. The van der Waals surface area contributed by atoms with E-state index in [-0.39, 0.29) is 5.91 Å². The molecule has 4 nitrogen and oxygen atoms in total. The highest BCUT2D eigenvalue weighted by molar-refractivity contribution is 8.00. The summed E-state index contributed by atoms with van der Waals surface area (Å²) in [5.74, 6) is 0.120. The lowest BCUT2D eigenvalue weighted by atomic mass is 10.1. The van der Waals surface area contributed by atoms with Crippen LogP contribution in [0.5, 0.6) is 0 Å². The molecule has 2 heterocycles. The van der Waals surface area contributed by atoms with Crippen molar-refractivity contribution in [2.24, 2.45) is 0 Å². The van der Waals surface area contributed by atoms with E-state index < -0.39 is 0 Å². The average molecular weight is 329 g/mol. The van der Waals surface area contributed by atoms with Gasteiger partial charge in [-0.05, 0) is 37.8 Å². The maximum atomic E-state index is 12.6. The first kappa shape index (κ1) is 16.1. The Morgan fingerprint density at radius 2 is 2.09 bits per heavy atom. The number of nitrogens with zero attached hydrogens (tertiary/aromatic N) is 2. The summed E-state index contributed by atoms with van der Waals surface area (Å²) in [5.41, 5.74) is 3.01. The molecule has 1 amide bonds. The number of aryl methyl sites for hydroxylation is 2. The van der Waals surface area contributed by atoms with E-state index in [9.17, 15) is 4.79 Å². The van der Waals surface area contributed by atoms with Crippen molar-refractivity contribution >= 4 is 17.7 Å². The van der Waals surface area contributed by atoms with Gasteiger partial charge in [-0.2, -0.15) is 5.10 Å². The summed E-state index contributed by atoms with van der Waals surface area (Å²) in [6, 6.07) is 8.53. The number of thioether (sulfide) groups is 1. The van der Waals surface area contributed by atoms with Gasteiger partial charge >= 0.3 is 0 Å². The van der Waals surface area contributed by atoms with E-state index in [2.05, 4.69) is 41.4 Å². The number of hydrogen-bond acceptors (Lipinski definition) is 3. The minimum absolute atomic E-state index is 0.120. The minimum atomic E-state index is 0.120. The van der Waals surface area contributed by atoms with Crippen LogP contribution in [0.15, 0.2) is 35.4 Å². The minimum Gasteiger partial charge on any atom is -0.338 e. The van der Waals surface area contributed by atoms with Gasteiger partial charge in [0.05, 0.1) is 11.8 Å². The molecule has 1 fully saturated rings. The smallest absolute Gasteiger partial charge is 0.257 e. The number of aromatic amines is 1. The third-order valence-corrected chi connectivity index (χ3v) is 5.94. The van der Waals surface area contributed by atoms with Gasteiger partial charge in [-0.25, -0.2) is 0 Å². The van der Waals surface area contributed by atoms with Gasteiger partial charge in [0.15, 0.2) is 0 Å². The Hall–Kier alpha value is -1.75. The number of carbonyl (C=O) groups is 1. The van der Waals surface area contributed by atoms with Gasteiger partial charge in [-0.3, -0.25) is 9.89 Å². The number of hydrogen-bond donors (Lipinski definition) is 1. The lowest BCUT2D eigenvalue weighted by Crippen LogP contribution is -2.39. The highest BCUT2D eigenvalue weighted by atomic mass is 32.2. The van der Waals surface area contributed by atoms with Crippen molar-refractivity contribution in [1.82, 2.24) is 15.1 Å². The van der Waals surface area contributed by atoms with E-state index in [1.165, 1.54) is 10.5 Å². The molecule has 1 N–H and O–H groups in total. The largest absolute Gasteiger partial charge is 0.338 e. The van der Waals surface area contributed by atoms with Gasteiger partial charge in [0.2, 0.25) is 0 Å². The molecule has 3 rings (SSSR count). The number of carbonyl (C=O) groups excluding carboxylic acids is 1. The Labute approximate surface area is 141 Å². The second kappa shape index (κ2) is 7.21. The summed E-state index contributed by atoms with van der Waals surface area (Å²) in [4.78, 5) is 16.0. The molecule has 1 aliphatic heterocycles. The Balaban J connectivity index is 1.58. The first-order valence-corrected chi connectivity index (χ1v) is 9.10. The van der Waals surface area contributed by atoms with Crippen molar-refractivity contribution in [3.8, 4) is 0 Å². The van der Waals surface area contributed by atoms with Crippen LogP contribution in [-0.4, -0.2) is 39.3 Å². The maximum absolute atomic E-state index is 12.6. The molecule has 0 radical (unpaired) electrons. The van der Waals surface area contributed by atoms with Gasteiger partial charge in [0.25, 0.3) is 5.91 Å². The van der Waals surface area contributed by atoms with Gasteiger partial charge in [0.1, 0.15) is 0 Å². The summed E-state index contributed by atoms with van der Waals surface area (Å²) < 4.78 is 0. The second-order valence-electron chi connectivity index (χ2n) is 5.99. The number of likely N-dealkylation sites (tertiary alicyclic amines) is 1. The molecule has 1 aliphatic rings. The normalized spacial score (nSPS) is 15.8. The van der Waals surface area contributed by atoms with E-state index in [4.69, 9.17) is 0 Å². The fourth-order valence-corrected chi connectivity index (χ4v) is 4.20. The maximum Gasteiger partial charge on any atom is 0.257 e. The molecule has 5 heteroatoms. The lowest BCUT2D eigenvalue weighted by Gasteiger charge is -2.32. The van der Waals surface area contributed by atoms with E-state index in [1.807, 2.05) is 23.6 Å². The molecule has 23 heavy (non-hydrogen) atoms. The van der Waals surface area contributed by atoms with Crippen molar-refractivity contribution in [1.29, 1.82) is 0 Å². The summed E-state index contributed by atoms with van der Waals surface area (Å²) in [7, 11) is 0. The standard InChI is InChI=1S/C18H23N3OS/c1-3-16-15(12-19-20-16)18(22)21-10-8-14(9-11-21)23-17-7-5-4-6-13(17)2/h4-7,12,14H,3,8-11H2,1-2H3,(H,19,20). The summed E-state index contributed by atoms with van der Waals surface area (Å²) in [5, 5.41) is 7.53. The first-order chi connectivity index (χ1) is 11.2. The van der Waals surface area contributed by atoms with Crippen LogP contribution in [0.1, 0.15) is 41.4 Å². The zero-order valence-corrected chi connectivity index (χ0v) is 14.5. The van der Waals surface area contributed by atoms with E-state index >= 15 is 0 Å². The Kier molecular flexibility index (Phi) is 5.06. The molecule has 0 unspecified atom stereocenters. The lowest BCUT2D eigenvalue weighted by molar-refractivity contribution is 0.0726. The third kappa shape index (κ3) is 3.61. The molecular weight excluding hydrogens is 306 g/mol. The van der Waals surface area contributed by atoms with Crippen LogP contribution >= 0.6 is 11.8 Å². The highest BCUT2D eigenvalue weighted by Gasteiger charge is 2.26.